The Morgan fingerprint density at radius 3 is 2.39 bits per heavy atom. The summed E-state index contributed by atoms with van der Waals surface area (Å²) >= 11 is 25.2. The third-order valence-electron chi connectivity index (χ3n) is 5.07. The lowest BCUT2D eigenvalue weighted by atomic mass is 10.1. The first-order valence-electron chi connectivity index (χ1n) is 9.69. The number of nitrogens with one attached hydrogen (secondary N) is 1. The van der Waals surface area contributed by atoms with Crippen LogP contribution in [0.1, 0.15) is 15.9 Å². The van der Waals surface area contributed by atoms with Crippen molar-refractivity contribution in [3.05, 3.63) is 92.0 Å². The lowest BCUT2D eigenvalue weighted by molar-refractivity contribution is -0.112. The summed E-state index contributed by atoms with van der Waals surface area (Å²) in [5, 5.41) is 4.52. The molecule has 0 aliphatic carbocycles. The Labute approximate surface area is 209 Å². The van der Waals surface area contributed by atoms with Gasteiger partial charge in [0, 0.05) is 32.2 Å². The van der Waals surface area contributed by atoms with E-state index in [0.717, 1.165) is 5.56 Å². The van der Waals surface area contributed by atoms with Gasteiger partial charge < -0.3 is 14.6 Å². The number of nitrogens with zero attached hydrogens (tertiary/aromatic N) is 1. The molecule has 1 heterocycles. The van der Waals surface area contributed by atoms with E-state index in [0.29, 0.717) is 37.4 Å². The molecule has 5 nitrogen and oxygen atoms in total. The van der Waals surface area contributed by atoms with Gasteiger partial charge in [0.15, 0.2) is 0 Å². The molecule has 9 heteroatoms. The van der Waals surface area contributed by atoms with Crippen LogP contribution >= 0.6 is 46.4 Å². The molecule has 0 radical (unpaired) electrons. The van der Waals surface area contributed by atoms with Gasteiger partial charge in [-0.15, -0.1) is 0 Å². The summed E-state index contributed by atoms with van der Waals surface area (Å²) in [5.74, 6) is -1.09. The maximum absolute atomic E-state index is 13.2. The molecule has 4 aromatic rings. The lowest BCUT2D eigenvalue weighted by Gasteiger charge is -2.10. The van der Waals surface area contributed by atoms with Crippen molar-refractivity contribution in [2.24, 2.45) is 0 Å². The highest BCUT2D eigenvalue weighted by atomic mass is 35.5. The quantitative estimate of drug-likeness (QED) is 0.217. The van der Waals surface area contributed by atoms with Crippen molar-refractivity contribution < 1.29 is 14.3 Å². The number of hydrogen-bond donors (Lipinski definition) is 1. The molecule has 0 unspecified atom stereocenters. The minimum absolute atomic E-state index is 0.0552. The van der Waals surface area contributed by atoms with Gasteiger partial charge in [-0.3, -0.25) is 9.59 Å². The van der Waals surface area contributed by atoms with Gasteiger partial charge in [0.25, 0.3) is 11.7 Å². The zero-order valence-electron chi connectivity index (χ0n) is 17.2. The summed E-state index contributed by atoms with van der Waals surface area (Å²) in [5.41, 5.74) is 1.85. The molecule has 0 fully saturated rings. The number of hydrogen-bond acceptors (Lipinski definition) is 3. The number of Topliss-reactive ketones (excluding diaryl/α,β-unsaturated/α-hetero) is 1. The second-order valence-corrected chi connectivity index (χ2v) is 8.80. The second kappa shape index (κ2) is 9.65. The Bertz CT molecular complexity index is 1400. The first-order valence-corrected chi connectivity index (χ1v) is 11.2. The molecule has 4 rings (SSSR count). The number of benzene rings is 3. The Morgan fingerprint density at radius 2 is 1.67 bits per heavy atom. The highest BCUT2D eigenvalue weighted by Gasteiger charge is 2.27. The van der Waals surface area contributed by atoms with Crippen LogP contribution in [0.3, 0.4) is 0 Å². The van der Waals surface area contributed by atoms with Gasteiger partial charge >= 0.3 is 0 Å². The molecule has 0 spiro atoms. The van der Waals surface area contributed by atoms with E-state index in [2.05, 4.69) is 5.32 Å². The van der Waals surface area contributed by atoms with Crippen LogP contribution in [0, 0.1) is 0 Å². The topological polar surface area (TPSA) is 60.3 Å². The summed E-state index contributed by atoms with van der Waals surface area (Å²) in [6.07, 6.45) is 0. The molecule has 3 aromatic carbocycles. The Hall–Kier alpha value is -2.70. The first-order chi connectivity index (χ1) is 15.8. The van der Waals surface area contributed by atoms with E-state index in [4.69, 9.17) is 51.1 Å². The van der Waals surface area contributed by atoms with Crippen LogP contribution in [0.5, 0.6) is 5.75 Å². The van der Waals surface area contributed by atoms with Crippen molar-refractivity contribution in [1.29, 1.82) is 0 Å². The number of ether oxygens (including phenoxy) is 1. The number of amides is 1. The summed E-state index contributed by atoms with van der Waals surface area (Å²) in [6, 6.07) is 16.8. The summed E-state index contributed by atoms with van der Waals surface area (Å²) in [6.45, 7) is 0.262. The van der Waals surface area contributed by atoms with Crippen LogP contribution in [-0.2, 0) is 11.3 Å². The maximum atomic E-state index is 13.2. The standard InChI is InChI=1S/C24H16Cl4N2O3/c1-33-17-4-2-3-16(11-17)29-24(32)22(31)21-18-9-14(25)7-8-20(18)30(23(21)28)12-13-5-6-15(26)10-19(13)27/h2-11H,12H2,1H3,(H,29,32). The van der Waals surface area contributed by atoms with Gasteiger partial charge in [-0.05, 0) is 48.0 Å². The van der Waals surface area contributed by atoms with Crippen LogP contribution in [0.4, 0.5) is 5.69 Å². The van der Waals surface area contributed by atoms with E-state index in [9.17, 15) is 9.59 Å². The molecule has 0 atom stereocenters. The van der Waals surface area contributed by atoms with Gasteiger partial charge in [0.2, 0.25) is 0 Å². The second-order valence-electron chi connectivity index (χ2n) is 7.16. The number of carbonyl (C=O) groups excluding carboxylic acids is 2. The predicted molar refractivity (Wildman–Crippen MR) is 133 cm³/mol. The van der Waals surface area contributed by atoms with Crippen molar-refractivity contribution in [2.75, 3.05) is 12.4 Å². The summed E-state index contributed by atoms with van der Waals surface area (Å²) in [7, 11) is 1.51. The van der Waals surface area contributed by atoms with Crippen molar-refractivity contribution in [3.63, 3.8) is 0 Å². The lowest BCUT2D eigenvalue weighted by Crippen LogP contribution is -2.23. The molecule has 168 valence electrons. The predicted octanol–water partition coefficient (Wildman–Crippen LogP) is 7.13. The molecule has 1 N–H and O–H groups in total. The largest absolute Gasteiger partial charge is 0.497 e. The fraction of sp³-hybridized carbons (Fsp3) is 0.0833. The minimum atomic E-state index is -0.839. The molecule has 0 aliphatic heterocycles. The average Bonchev–Trinajstić information content (AvgIpc) is 3.05. The first kappa shape index (κ1) is 23.5. The van der Waals surface area contributed by atoms with Crippen molar-refractivity contribution in [2.45, 2.75) is 6.54 Å². The number of rotatable bonds is 6. The third-order valence-corrected chi connectivity index (χ3v) is 6.28. The number of aromatic nitrogens is 1. The van der Waals surface area contributed by atoms with E-state index in [1.807, 2.05) is 0 Å². The van der Waals surface area contributed by atoms with Crippen LogP contribution in [0.25, 0.3) is 10.9 Å². The van der Waals surface area contributed by atoms with E-state index in [-0.39, 0.29) is 17.3 Å². The van der Waals surface area contributed by atoms with Crippen LogP contribution in [0.2, 0.25) is 20.2 Å². The normalized spacial score (nSPS) is 10.9. The Balaban J connectivity index is 1.75. The van der Waals surface area contributed by atoms with Crippen LogP contribution in [0.15, 0.2) is 60.7 Å². The molecule has 0 saturated carbocycles. The van der Waals surface area contributed by atoms with Gasteiger partial charge in [0.05, 0.1) is 24.7 Å². The van der Waals surface area contributed by atoms with Gasteiger partial charge in [0.1, 0.15) is 10.9 Å². The molecule has 0 saturated heterocycles. The van der Waals surface area contributed by atoms with Crippen molar-refractivity contribution >= 4 is 74.7 Å². The number of ketones is 1. The zero-order valence-corrected chi connectivity index (χ0v) is 20.2. The molecule has 1 amide bonds. The number of methoxy groups -OCH3 is 1. The molecular weight excluding hydrogens is 506 g/mol. The summed E-state index contributed by atoms with van der Waals surface area (Å²) < 4.78 is 6.86. The molecular formula is C24H16Cl4N2O3. The zero-order chi connectivity index (χ0) is 23.7. The smallest absolute Gasteiger partial charge is 0.296 e. The van der Waals surface area contributed by atoms with E-state index in [1.165, 1.54) is 7.11 Å². The highest BCUT2D eigenvalue weighted by Crippen LogP contribution is 2.34. The van der Waals surface area contributed by atoms with E-state index >= 15 is 0 Å². The van der Waals surface area contributed by atoms with Crippen molar-refractivity contribution in [1.82, 2.24) is 4.57 Å². The average molecular weight is 522 g/mol. The van der Waals surface area contributed by atoms with Gasteiger partial charge in [-0.2, -0.15) is 0 Å². The molecule has 0 bridgehead atoms. The van der Waals surface area contributed by atoms with Crippen LogP contribution < -0.4 is 10.1 Å². The maximum Gasteiger partial charge on any atom is 0.296 e. The molecule has 33 heavy (non-hydrogen) atoms. The monoisotopic (exact) mass is 520 g/mol. The molecule has 1 aromatic heterocycles. The number of anilines is 1. The number of carbonyl (C=O) groups is 2. The fourth-order valence-corrected chi connectivity index (χ4v) is 4.47. The third kappa shape index (κ3) is 4.82. The van der Waals surface area contributed by atoms with E-state index in [1.54, 1.807) is 65.2 Å². The fourth-order valence-electron chi connectivity index (χ4n) is 3.49. The van der Waals surface area contributed by atoms with Gasteiger partial charge in [-0.25, -0.2) is 0 Å². The molecule has 0 aliphatic rings. The highest BCUT2D eigenvalue weighted by molar-refractivity contribution is 6.52. The number of fused-ring (bicyclic) bond motifs is 1. The summed E-state index contributed by atoms with van der Waals surface area (Å²) in [4.78, 5) is 26.0. The minimum Gasteiger partial charge on any atom is -0.497 e. The van der Waals surface area contributed by atoms with E-state index < -0.39 is 11.7 Å². The Morgan fingerprint density at radius 1 is 0.939 bits per heavy atom. The van der Waals surface area contributed by atoms with Crippen LogP contribution in [-0.4, -0.2) is 23.4 Å². The SMILES string of the molecule is COc1cccc(NC(=O)C(=O)c2c(Cl)n(Cc3ccc(Cl)cc3Cl)c3ccc(Cl)cc23)c1. The number of halogens is 4. The van der Waals surface area contributed by atoms with Gasteiger partial charge in [-0.1, -0.05) is 58.5 Å². The Kier molecular flexibility index (Phi) is 6.86. The van der Waals surface area contributed by atoms with Crippen molar-refractivity contribution in [3.8, 4) is 5.75 Å².